The van der Waals surface area contributed by atoms with Crippen molar-refractivity contribution in [3.05, 3.63) is 24.2 Å². The fraction of sp³-hybridized carbons (Fsp3) is 0.762. The van der Waals surface area contributed by atoms with E-state index in [-0.39, 0.29) is 18.6 Å². The van der Waals surface area contributed by atoms with E-state index in [1.807, 2.05) is 40.7 Å². The van der Waals surface area contributed by atoms with Crippen molar-refractivity contribution in [1.82, 2.24) is 5.32 Å². The number of aliphatic hydroxyl groups excluding tert-OH is 1. The number of alkyl carbamates (subject to hydrolysis) is 1. The molecule has 1 amide bonds. The molecule has 1 aromatic rings. The van der Waals surface area contributed by atoms with E-state index in [0.717, 1.165) is 19.3 Å². The van der Waals surface area contributed by atoms with Gasteiger partial charge < -0.3 is 29.1 Å². The van der Waals surface area contributed by atoms with Crippen LogP contribution in [0.1, 0.15) is 72.6 Å². The standard InChI is InChI=1S/C21H35NO6/c1-14(10-7-8-12-23)17-18(27-21(5,6)26-17)16(15-11-9-13-25-15)22-19(24)28-20(2,3)4/h9,11,13-14,16-18,23H,7-8,10,12H2,1-6H3,(H,22,24)/t14-,16-,17-,18-/m0/s1. The molecular formula is C21H35NO6. The van der Waals surface area contributed by atoms with Gasteiger partial charge in [-0.05, 0) is 65.5 Å². The van der Waals surface area contributed by atoms with Gasteiger partial charge in [0.2, 0.25) is 0 Å². The minimum Gasteiger partial charge on any atom is -0.467 e. The van der Waals surface area contributed by atoms with Crippen molar-refractivity contribution in [2.24, 2.45) is 5.92 Å². The van der Waals surface area contributed by atoms with Gasteiger partial charge in [-0.2, -0.15) is 0 Å². The van der Waals surface area contributed by atoms with E-state index in [2.05, 4.69) is 12.2 Å². The smallest absolute Gasteiger partial charge is 0.408 e. The molecule has 160 valence electrons. The van der Waals surface area contributed by atoms with E-state index in [9.17, 15) is 4.79 Å². The summed E-state index contributed by atoms with van der Waals surface area (Å²) in [7, 11) is 0. The predicted molar refractivity (Wildman–Crippen MR) is 105 cm³/mol. The quantitative estimate of drug-likeness (QED) is 0.640. The number of carbonyl (C=O) groups excluding carboxylic acids is 1. The van der Waals surface area contributed by atoms with Crippen LogP contribution in [0.5, 0.6) is 0 Å². The third kappa shape index (κ3) is 6.50. The Bertz CT molecular complexity index is 607. The number of furan rings is 1. The van der Waals surface area contributed by atoms with E-state index in [1.165, 1.54) is 0 Å². The number of ether oxygens (including phenoxy) is 3. The summed E-state index contributed by atoms with van der Waals surface area (Å²) in [6.45, 7) is 11.5. The number of carbonyl (C=O) groups is 1. The molecule has 1 aliphatic heterocycles. The second-order valence-electron chi connectivity index (χ2n) is 8.90. The fourth-order valence-corrected chi connectivity index (χ4v) is 3.48. The maximum Gasteiger partial charge on any atom is 0.408 e. The van der Waals surface area contributed by atoms with Crippen LogP contribution in [0.4, 0.5) is 4.79 Å². The van der Waals surface area contributed by atoms with Gasteiger partial charge in [-0.25, -0.2) is 4.79 Å². The van der Waals surface area contributed by atoms with E-state index in [4.69, 9.17) is 23.7 Å². The maximum absolute atomic E-state index is 12.5. The van der Waals surface area contributed by atoms with Crippen LogP contribution in [0.15, 0.2) is 22.8 Å². The molecule has 2 rings (SSSR count). The van der Waals surface area contributed by atoms with Crippen molar-refractivity contribution < 1.29 is 28.5 Å². The molecule has 2 heterocycles. The summed E-state index contributed by atoms with van der Waals surface area (Å²) in [5.74, 6) is -0.0120. The molecule has 4 atom stereocenters. The van der Waals surface area contributed by atoms with Gasteiger partial charge in [0.15, 0.2) is 5.79 Å². The maximum atomic E-state index is 12.5. The molecule has 28 heavy (non-hydrogen) atoms. The minimum atomic E-state index is -0.777. The Balaban J connectivity index is 2.22. The molecule has 2 N–H and O–H groups in total. The van der Waals surface area contributed by atoms with Crippen LogP contribution >= 0.6 is 0 Å². The lowest BCUT2D eigenvalue weighted by Gasteiger charge is -2.30. The summed E-state index contributed by atoms with van der Waals surface area (Å²) in [6, 6.07) is 3.04. The monoisotopic (exact) mass is 397 g/mol. The number of hydrogen-bond donors (Lipinski definition) is 2. The molecule has 0 unspecified atom stereocenters. The molecule has 1 aliphatic rings. The molecule has 0 saturated carbocycles. The Morgan fingerprint density at radius 2 is 1.96 bits per heavy atom. The number of aliphatic hydroxyl groups is 1. The van der Waals surface area contributed by atoms with Crippen LogP contribution in [0.3, 0.4) is 0 Å². The first-order valence-corrected chi connectivity index (χ1v) is 10.0. The summed E-state index contributed by atoms with van der Waals surface area (Å²) in [6.07, 6.45) is 2.91. The first-order chi connectivity index (χ1) is 13.0. The summed E-state index contributed by atoms with van der Waals surface area (Å²) in [5.41, 5.74) is -0.610. The lowest BCUT2D eigenvalue weighted by atomic mass is 9.90. The first kappa shape index (κ1) is 22.7. The van der Waals surface area contributed by atoms with Crippen molar-refractivity contribution >= 4 is 6.09 Å². The van der Waals surface area contributed by atoms with Crippen LogP contribution in [0.2, 0.25) is 0 Å². The molecule has 0 radical (unpaired) electrons. The number of amides is 1. The molecular weight excluding hydrogens is 362 g/mol. The molecule has 1 fully saturated rings. The molecule has 7 nitrogen and oxygen atoms in total. The second-order valence-corrected chi connectivity index (χ2v) is 8.90. The van der Waals surface area contributed by atoms with Gasteiger partial charge in [-0.1, -0.05) is 13.3 Å². The van der Waals surface area contributed by atoms with Gasteiger partial charge in [-0.15, -0.1) is 0 Å². The molecule has 1 aromatic heterocycles. The summed E-state index contributed by atoms with van der Waals surface area (Å²) in [4.78, 5) is 12.5. The summed E-state index contributed by atoms with van der Waals surface area (Å²) >= 11 is 0. The van der Waals surface area contributed by atoms with Gasteiger partial charge >= 0.3 is 6.09 Å². The lowest BCUT2D eigenvalue weighted by molar-refractivity contribution is -0.152. The van der Waals surface area contributed by atoms with Crippen LogP contribution in [0.25, 0.3) is 0 Å². The number of nitrogens with one attached hydrogen (secondary N) is 1. The fourth-order valence-electron chi connectivity index (χ4n) is 3.48. The third-order valence-corrected chi connectivity index (χ3v) is 4.64. The zero-order valence-corrected chi connectivity index (χ0v) is 17.9. The highest BCUT2D eigenvalue weighted by atomic mass is 16.8. The van der Waals surface area contributed by atoms with Crippen molar-refractivity contribution in [1.29, 1.82) is 0 Å². The molecule has 0 bridgehead atoms. The van der Waals surface area contributed by atoms with Gasteiger partial charge in [0.05, 0.1) is 12.4 Å². The average Bonchev–Trinajstić information content (AvgIpc) is 3.18. The van der Waals surface area contributed by atoms with E-state index >= 15 is 0 Å². The zero-order chi connectivity index (χ0) is 20.9. The highest BCUT2D eigenvalue weighted by Gasteiger charge is 2.49. The first-order valence-electron chi connectivity index (χ1n) is 10.0. The summed E-state index contributed by atoms with van der Waals surface area (Å²) < 4.78 is 23.4. The Labute approximate surface area is 167 Å². The van der Waals surface area contributed by atoms with Crippen LogP contribution in [-0.2, 0) is 14.2 Å². The zero-order valence-electron chi connectivity index (χ0n) is 17.9. The molecule has 0 spiro atoms. The molecule has 0 aliphatic carbocycles. The van der Waals surface area contributed by atoms with E-state index < -0.39 is 29.6 Å². The number of unbranched alkanes of at least 4 members (excludes halogenated alkanes) is 1. The topological polar surface area (TPSA) is 90.2 Å². The van der Waals surface area contributed by atoms with E-state index in [1.54, 1.807) is 12.3 Å². The SMILES string of the molecule is C[C@@H](CCCCO)[C@@H]1OC(C)(C)O[C@H]1[C@@H](NC(=O)OC(C)(C)C)c1ccco1. The second kappa shape index (κ2) is 9.29. The average molecular weight is 398 g/mol. The van der Waals surface area contributed by atoms with Crippen molar-refractivity contribution in [3.8, 4) is 0 Å². The number of hydrogen-bond acceptors (Lipinski definition) is 6. The largest absolute Gasteiger partial charge is 0.467 e. The molecule has 7 heteroatoms. The van der Waals surface area contributed by atoms with Crippen molar-refractivity contribution in [3.63, 3.8) is 0 Å². The normalized spacial score (nSPS) is 24.0. The Morgan fingerprint density at radius 1 is 1.29 bits per heavy atom. The van der Waals surface area contributed by atoms with E-state index in [0.29, 0.717) is 5.76 Å². The van der Waals surface area contributed by atoms with Gasteiger partial charge in [0.1, 0.15) is 23.5 Å². The highest BCUT2D eigenvalue weighted by Crippen LogP contribution is 2.39. The Kier molecular flexibility index (Phi) is 7.53. The third-order valence-electron chi connectivity index (χ3n) is 4.64. The van der Waals surface area contributed by atoms with Gasteiger partial charge in [0.25, 0.3) is 0 Å². The van der Waals surface area contributed by atoms with Crippen molar-refractivity contribution in [2.75, 3.05) is 6.61 Å². The Morgan fingerprint density at radius 3 is 2.54 bits per heavy atom. The minimum absolute atomic E-state index is 0.177. The highest BCUT2D eigenvalue weighted by molar-refractivity contribution is 5.68. The molecule has 0 aromatic carbocycles. The van der Waals surface area contributed by atoms with Crippen LogP contribution in [0, 0.1) is 5.92 Å². The van der Waals surface area contributed by atoms with Crippen LogP contribution in [-0.4, -0.2) is 41.4 Å². The number of rotatable bonds is 8. The Hall–Kier alpha value is -1.57. The molecule has 1 saturated heterocycles. The predicted octanol–water partition coefficient (Wildman–Crippen LogP) is 4.16. The van der Waals surface area contributed by atoms with Gasteiger partial charge in [-0.3, -0.25) is 0 Å². The summed E-state index contributed by atoms with van der Waals surface area (Å²) in [5, 5.41) is 12.0. The van der Waals surface area contributed by atoms with Gasteiger partial charge in [0, 0.05) is 6.61 Å². The van der Waals surface area contributed by atoms with Crippen LogP contribution < -0.4 is 5.32 Å². The van der Waals surface area contributed by atoms with Crippen molar-refractivity contribution in [2.45, 2.75) is 90.4 Å². The lowest BCUT2D eigenvalue weighted by Crippen LogP contribution is -2.44.